The van der Waals surface area contributed by atoms with Crippen molar-refractivity contribution >= 4 is 28.2 Å². The van der Waals surface area contributed by atoms with E-state index in [-0.39, 0.29) is 0 Å². The normalized spacial score (nSPS) is 10.6. The average molecular weight is 270 g/mol. The number of rotatable bonds is 3. The molecule has 0 saturated heterocycles. The van der Waals surface area contributed by atoms with E-state index in [0.717, 1.165) is 27.2 Å². The van der Waals surface area contributed by atoms with Gasteiger partial charge in [0.25, 0.3) is 0 Å². The van der Waals surface area contributed by atoms with Crippen molar-refractivity contribution in [2.24, 2.45) is 0 Å². The summed E-state index contributed by atoms with van der Waals surface area (Å²) in [6.07, 6.45) is 1.74. The van der Waals surface area contributed by atoms with Gasteiger partial charge in [-0.1, -0.05) is 41.9 Å². The first-order chi connectivity index (χ1) is 9.33. The molecule has 0 spiro atoms. The second-order valence-electron chi connectivity index (χ2n) is 4.26. The number of benzene rings is 2. The third kappa shape index (κ3) is 2.66. The molecule has 1 N–H and O–H groups in total. The highest BCUT2D eigenvalue weighted by atomic mass is 35.5. The van der Waals surface area contributed by atoms with Crippen LogP contribution in [0.3, 0.4) is 0 Å². The van der Waals surface area contributed by atoms with Crippen LogP contribution in [-0.2, 0) is 6.54 Å². The van der Waals surface area contributed by atoms with E-state index in [1.165, 1.54) is 0 Å². The molecule has 3 rings (SSSR count). The standard InChI is InChI=1S/C15H12ClN3/c16-12-5-3-4-11(8-12)9-17-15-10-18-19-14-7-2-1-6-13(14)15/h1-8,10H,9H2,(H,17,19). The predicted molar refractivity (Wildman–Crippen MR) is 78.3 cm³/mol. The van der Waals surface area contributed by atoms with Gasteiger partial charge >= 0.3 is 0 Å². The molecule has 1 aromatic heterocycles. The fourth-order valence-corrected chi connectivity index (χ4v) is 2.20. The first kappa shape index (κ1) is 11.9. The van der Waals surface area contributed by atoms with E-state index in [2.05, 4.69) is 15.5 Å². The lowest BCUT2D eigenvalue weighted by Gasteiger charge is -2.08. The lowest BCUT2D eigenvalue weighted by molar-refractivity contribution is 1.06. The summed E-state index contributed by atoms with van der Waals surface area (Å²) in [4.78, 5) is 0. The first-order valence-corrected chi connectivity index (χ1v) is 6.39. The van der Waals surface area contributed by atoms with Gasteiger partial charge in [0.2, 0.25) is 0 Å². The molecular formula is C15H12ClN3. The van der Waals surface area contributed by atoms with Gasteiger partial charge in [0.05, 0.1) is 17.4 Å². The van der Waals surface area contributed by atoms with Crippen molar-refractivity contribution < 1.29 is 0 Å². The molecular weight excluding hydrogens is 258 g/mol. The quantitative estimate of drug-likeness (QED) is 0.784. The van der Waals surface area contributed by atoms with Crippen molar-refractivity contribution in [3.05, 3.63) is 65.3 Å². The molecule has 0 bridgehead atoms. The van der Waals surface area contributed by atoms with Crippen LogP contribution in [0, 0.1) is 0 Å². The van der Waals surface area contributed by atoms with Crippen LogP contribution in [0.4, 0.5) is 5.69 Å². The molecule has 0 unspecified atom stereocenters. The van der Waals surface area contributed by atoms with Crippen LogP contribution >= 0.6 is 11.6 Å². The first-order valence-electron chi connectivity index (χ1n) is 6.02. The van der Waals surface area contributed by atoms with Gasteiger partial charge in [-0.3, -0.25) is 0 Å². The Labute approximate surface area is 116 Å². The second kappa shape index (κ2) is 5.24. The Hall–Kier alpha value is -2.13. The Morgan fingerprint density at radius 3 is 2.84 bits per heavy atom. The molecule has 3 aromatic rings. The van der Waals surface area contributed by atoms with E-state index in [1.807, 2.05) is 48.5 Å². The Kier molecular flexibility index (Phi) is 3.29. The van der Waals surface area contributed by atoms with Crippen LogP contribution in [0.5, 0.6) is 0 Å². The van der Waals surface area contributed by atoms with Gasteiger partial charge in [0.1, 0.15) is 0 Å². The van der Waals surface area contributed by atoms with Crippen LogP contribution in [0.2, 0.25) is 5.02 Å². The summed E-state index contributed by atoms with van der Waals surface area (Å²) >= 11 is 5.97. The molecule has 0 amide bonds. The van der Waals surface area contributed by atoms with Gasteiger partial charge in [-0.15, -0.1) is 0 Å². The highest BCUT2D eigenvalue weighted by Gasteiger charge is 2.02. The van der Waals surface area contributed by atoms with Crippen molar-refractivity contribution in [2.75, 3.05) is 5.32 Å². The molecule has 0 fully saturated rings. The smallest absolute Gasteiger partial charge is 0.0950 e. The maximum atomic E-state index is 5.97. The van der Waals surface area contributed by atoms with Gasteiger partial charge in [0.15, 0.2) is 0 Å². The van der Waals surface area contributed by atoms with Gasteiger partial charge in [-0.2, -0.15) is 10.2 Å². The molecule has 4 heteroatoms. The van der Waals surface area contributed by atoms with Crippen molar-refractivity contribution in [3.8, 4) is 0 Å². The molecule has 0 atom stereocenters. The molecule has 3 nitrogen and oxygen atoms in total. The molecule has 0 radical (unpaired) electrons. The molecule has 0 aliphatic carbocycles. The summed E-state index contributed by atoms with van der Waals surface area (Å²) in [5, 5.41) is 13.3. The van der Waals surface area contributed by atoms with E-state index in [0.29, 0.717) is 6.54 Å². The molecule has 2 aromatic carbocycles. The zero-order valence-electron chi connectivity index (χ0n) is 10.2. The van der Waals surface area contributed by atoms with Crippen LogP contribution < -0.4 is 5.32 Å². The minimum atomic E-state index is 0.705. The van der Waals surface area contributed by atoms with Crippen molar-refractivity contribution in [3.63, 3.8) is 0 Å². The summed E-state index contributed by atoms with van der Waals surface area (Å²) in [5.41, 5.74) is 3.00. The summed E-state index contributed by atoms with van der Waals surface area (Å²) in [5.74, 6) is 0. The maximum absolute atomic E-state index is 5.97. The lowest BCUT2D eigenvalue weighted by Crippen LogP contribution is -2.01. The number of fused-ring (bicyclic) bond motifs is 1. The molecule has 1 heterocycles. The van der Waals surface area contributed by atoms with E-state index < -0.39 is 0 Å². The number of nitrogens with one attached hydrogen (secondary N) is 1. The minimum absolute atomic E-state index is 0.705. The fourth-order valence-electron chi connectivity index (χ4n) is 1.99. The zero-order valence-corrected chi connectivity index (χ0v) is 10.9. The van der Waals surface area contributed by atoms with Gasteiger partial charge in [-0.25, -0.2) is 0 Å². The van der Waals surface area contributed by atoms with E-state index in [1.54, 1.807) is 6.20 Å². The van der Waals surface area contributed by atoms with Crippen LogP contribution in [0.25, 0.3) is 10.9 Å². The minimum Gasteiger partial charge on any atom is -0.379 e. The Morgan fingerprint density at radius 1 is 1.05 bits per heavy atom. The second-order valence-corrected chi connectivity index (χ2v) is 4.70. The third-order valence-corrected chi connectivity index (χ3v) is 3.15. The largest absolute Gasteiger partial charge is 0.379 e. The van der Waals surface area contributed by atoms with E-state index in [9.17, 15) is 0 Å². The summed E-state index contributed by atoms with van der Waals surface area (Å²) in [6, 6.07) is 15.7. The fraction of sp³-hybridized carbons (Fsp3) is 0.0667. The van der Waals surface area contributed by atoms with Crippen molar-refractivity contribution in [2.45, 2.75) is 6.54 Å². The Morgan fingerprint density at radius 2 is 1.95 bits per heavy atom. The summed E-state index contributed by atoms with van der Waals surface area (Å²) < 4.78 is 0. The lowest BCUT2D eigenvalue weighted by atomic mass is 10.2. The monoisotopic (exact) mass is 269 g/mol. The number of hydrogen-bond acceptors (Lipinski definition) is 3. The number of hydrogen-bond donors (Lipinski definition) is 1. The highest BCUT2D eigenvalue weighted by Crippen LogP contribution is 2.20. The maximum Gasteiger partial charge on any atom is 0.0950 e. The van der Waals surface area contributed by atoms with Gasteiger partial charge < -0.3 is 5.32 Å². The topological polar surface area (TPSA) is 37.8 Å². The van der Waals surface area contributed by atoms with E-state index in [4.69, 9.17) is 11.6 Å². The molecule has 19 heavy (non-hydrogen) atoms. The van der Waals surface area contributed by atoms with Crippen molar-refractivity contribution in [1.82, 2.24) is 10.2 Å². The van der Waals surface area contributed by atoms with Crippen molar-refractivity contribution in [1.29, 1.82) is 0 Å². The van der Waals surface area contributed by atoms with Gasteiger partial charge in [-0.05, 0) is 23.8 Å². The SMILES string of the molecule is Clc1cccc(CNc2cnnc3ccccc23)c1. The van der Waals surface area contributed by atoms with Crippen LogP contribution in [-0.4, -0.2) is 10.2 Å². The number of anilines is 1. The number of halogens is 1. The zero-order chi connectivity index (χ0) is 13.1. The number of nitrogens with zero attached hydrogens (tertiary/aromatic N) is 2. The Balaban J connectivity index is 1.86. The molecule has 0 saturated carbocycles. The predicted octanol–water partition coefficient (Wildman–Crippen LogP) is 3.90. The summed E-state index contributed by atoms with van der Waals surface area (Å²) in [6.45, 7) is 0.705. The molecule has 0 aliphatic heterocycles. The summed E-state index contributed by atoms with van der Waals surface area (Å²) in [7, 11) is 0. The van der Waals surface area contributed by atoms with Gasteiger partial charge in [0, 0.05) is 17.0 Å². The third-order valence-electron chi connectivity index (χ3n) is 2.92. The molecule has 94 valence electrons. The van der Waals surface area contributed by atoms with Crippen LogP contribution in [0.15, 0.2) is 54.7 Å². The average Bonchev–Trinajstić information content (AvgIpc) is 2.45. The van der Waals surface area contributed by atoms with Crippen LogP contribution in [0.1, 0.15) is 5.56 Å². The number of aromatic nitrogens is 2. The van der Waals surface area contributed by atoms with E-state index >= 15 is 0 Å². The highest BCUT2D eigenvalue weighted by molar-refractivity contribution is 6.30. The Bertz CT molecular complexity index is 707. The molecule has 0 aliphatic rings.